The molecule has 88 valence electrons. The van der Waals surface area contributed by atoms with Crippen LogP contribution in [0, 0.1) is 11.8 Å². The van der Waals surface area contributed by atoms with Gasteiger partial charge in [0.05, 0.1) is 12.9 Å². The number of thioether (sulfide) groups is 1. The molecule has 0 spiro atoms. The standard InChI is InChI=1S/C11H21NO2S/c1-7-4-8(2)11(9(12)5-7)15-6-10(13)14-3/h7-9,11H,4-6,12H2,1-3H3. The van der Waals surface area contributed by atoms with Crippen LogP contribution in [-0.4, -0.2) is 30.1 Å². The van der Waals surface area contributed by atoms with E-state index in [1.807, 2.05) is 0 Å². The molecule has 1 aliphatic rings. The van der Waals surface area contributed by atoms with Crippen molar-refractivity contribution < 1.29 is 9.53 Å². The fourth-order valence-electron chi connectivity index (χ4n) is 2.40. The average molecular weight is 231 g/mol. The van der Waals surface area contributed by atoms with Gasteiger partial charge >= 0.3 is 5.97 Å². The van der Waals surface area contributed by atoms with E-state index in [2.05, 4.69) is 18.6 Å². The van der Waals surface area contributed by atoms with E-state index in [-0.39, 0.29) is 12.0 Å². The first-order valence-corrected chi connectivity index (χ1v) is 6.53. The van der Waals surface area contributed by atoms with Crippen molar-refractivity contribution in [3.05, 3.63) is 0 Å². The Morgan fingerprint density at radius 3 is 2.67 bits per heavy atom. The lowest BCUT2D eigenvalue weighted by atomic mass is 9.80. The van der Waals surface area contributed by atoms with Gasteiger partial charge in [-0.2, -0.15) is 0 Å². The highest BCUT2D eigenvalue weighted by Gasteiger charge is 2.32. The molecular formula is C11H21NO2S. The van der Waals surface area contributed by atoms with Gasteiger partial charge in [-0.3, -0.25) is 4.79 Å². The third kappa shape index (κ3) is 3.68. The summed E-state index contributed by atoms with van der Waals surface area (Å²) in [4.78, 5) is 11.0. The number of hydrogen-bond donors (Lipinski definition) is 1. The minimum absolute atomic E-state index is 0.155. The van der Waals surface area contributed by atoms with Crippen molar-refractivity contribution in [2.75, 3.05) is 12.9 Å². The molecule has 0 aliphatic heterocycles. The van der Waals surface area contributed by atoms with Crippen LogP contribution in [0.5, 0.6) is 0 Å². The minimum atomic E-state index is -0.155. The van der Waals surface area contributed by atoms with Crippen molar-refractivity contribution in [1.82, 2.24) is 0 Å². The summed E-state index contributed by atoms with van der Waals surface area (Å²) in [6, 6.07) is 0.221. The lowest BCUT2D eigenvalue weighted by Gasteiger charge is -2.37. The number of methoxy groups -OCH3 is 1. The number of carbonyl (C=O) groups excluding carboxylic acids is 1. The van der Waals surface area contributed by atoms with Gasteiger partial charge in [-0.25, -0.2) is 0 Å². The van der Waals surface area contributed by atoms with E-state index in [4.69, 9.17) is 5.73 Å². The van der Waals surface area contributed by atoms with Crippen molar-refractivity contribution in [2.45, 2.75) is 38.0 Å². The summed E-state index contributed by atoms with van der Waals surface area (Å²) in [5, 5.41) is 0.403. The SMILES string of the molecule is COC(=O)CSC1C(C)CC(C)CC1N. The predicted octanol–water partition coefficient (Wildman–Crippen LogP) is 1.65. The van der Waals surface area contributed by atoms with Gasteiger partial charge in [0, 0.05) is 11.3 Å². The van der Waals surface area contributed by atoms with Crippen molar-refractivity contribution in [3.63, 3.8) is 0 Å². The molecule has 1 aliphatic carbocycles. The molecule has 4 unspecified atom stereocenters. The molecule has 0 bridgehead atoms. The number of esters is 1. The number of carbonyl (C=O) groups is 1. The smallest absolute Gasteiger partial charge is 0.315 e. The molecule has 2 N–H and O–H groups in total. The Morgan fingerprint density at radius 2 is 2.13 bits per heavy atom. The summed E-state index contributed by atoms with van der Waals surface area (Å²) in [7, 11) is 1.43. The Labute approximate surface area is 96.1 Å². The van der Waals surface area contributed by atoms with Crippen LogP contribution in [0.3, 0.4) is 0 Å². The quantitative estimate of drug-likeness (QED) is 0.750. The van der Waals surface area contributed by atoms with Crippen LogP contribution in [-0.2, 0) is 9.53 Å². The van der Waals surface area contributed by atoms with Crippen LogP contribution in [0.2, 0.25) is 0 Å². The molecule has 0 heterocycles. The number of rotatable bonds is 3. The maximum atomic E-state index is 11.0. The summed E-state index contributed by atoms with van der Waals surface area (Å²) < 4.78 is 4.63. The fraction of sp³-hybridized carbons (Fsp3) is 0.909. The van der Waals surface area contributed by atoms with Gasteiger partial charge in [0.15, 0.2) is 0 Å². The van der Waals surface area contributed by atoms with E-state index in [9.17, 15) is 4.79 Å². The molecule has 0 saturated heterocycles. The van der Waals surface area contributed by atoms with Crippen molar-refractivity contribution in [2.24, 2.45) is 17.6 Å². The molecular weight excluding hydrogens is 210 g/mol. The second-order valence-electron chi connectivity index (χ2n) is 4.57. The number of nitrogens with two attached hydrogens (primary N) is 1. The van der Waals surface area contributed by atoms with Crippen LogP contribution in [0.4, 0.5) is 0 Å². The highest BCUT2D eigenvalue weighted by molar-refractivity contribution is 8.00. The third-order valence-electron chi connectivity index (χ3n) is 3.05. The van der Waals surface area contributed by atoms with E-state index < -0.39 is 0 Å². The maximum Gasteiger partial charge on any atom is 0.315 e. The molecule has 1 fully saturated rings. The van der Waals surface area contributed by atoms with E-state index in [1.165, 1.54) is 13.5 Å². The summed E-state index contributed by atoms with van der Waals surface area (Å²) in [6.07, 6.45) is 2.29. The first-order chi connectivity index (χ1) is 7.04. The summed E-state index contributed by atoms with van der Waals surface area (Å²) in [6.45, 7) is 4.47. The molecule has 4 heteroatoms. The van der Waals surface area contributed by atoms with Crippen LogP contribution in [0.25, 0.3) is 0 Å². The zero-order valence-corrected chi connectivity index (χ0v) is 10.5. The first-order valence-electron chi connectivity index (χ1n) is 5.48. The Morgan fingerprint density at radius 1 is 1.47 bits per heavy atom. The fourth-order valence-corrected chi connectivity index (χ4v) is 3.64. The van der Waals surface area contributed by atoms with E-state index in [0.29, 0.717) is 22.8 Å². The molecule has 4 atom stereocenters. The normalized spacial score (nSPS) is 36.3. The topological polar surface area (TPSA) is 52.3 Å². The molecule has 3 nitrogen and oxygen atoms in total. The molecule has 15 heavy (non-hydrogen) atoms. The van der Waals surface area contributed by atoms with Crippen LogP contribution in [0.1, 0.15) is 26.7 Å². The number of hydrogen-bond acceptors (Lipinski definition) is 4. The summed E-state index contributed by atoms with van der Waals surface area (Å²) in [5.74, 6) is 1.58. The predicted molar refractivity (Wildman–Crippen MR) is 63.8 cm³/mol. The largest absolute Gasteiger partial charge is 0.468 e. The van der Waals surface area contributed by atoms with Gasteiger partial charge in [-0.1, -0.05) is 13.8 Å². The average Bonchev–Trinajstić information content (AvgIpc) is 2.15. The highest BCUT2D eigenvalue weighted by atomic mass is 32.2. The second-order valence-corrected chi connectivity index (χ2v) is 5.74. The lowest BCUT2D eigenvalue weighted by molar-refractivity contribution is -0.137. The van der Waals surface area contributed by atoms with Crippen molar-refractivity contribution in [1.29, 1.82) is 0 Å². The first kappa shape index (κ1) is 12.8. The molecule has 0 radical (unpaired) electrons. The molecule has 1 saturated carbocycles. The van der Waals surface area contributed by atoms with E-state index in [1.54, 1.807) is 11.8 Å². The number of ether oxygens (including phenoxy) is 1. The van der Waals surface area contributed by atoms with Gasteiger partial charge in [-0.05, 0) is 24.7 Å². The lowest BCUT2D eigenvalue weighted by Crippen LogP contribution is -2.43. The molecule has 0 amide bonds. The van der Waals surface area contributed by atoms with Gasteiger partial charge < -0.3 is 10.5 Å². The van der Waals surface area contributed by atoms with Gasteiger partial charge in [0.2, 0.25) is 0 Å². The van der Waals surface area contributed by atoms with Crippen LogP contribution in [0.15, 0.2) is 0 Å². The zero-order valence-electron chi connectivity index (χ0n) is 9.73. The molecule has 0 aromatic carbocycles. The van der Waals surface area contributed by atoms with Crippen molar-refractivity contribution >= 4 is 17.7 Å². The minimum Gasteiger partial charge on any atom is -0.468 e. The van der Waals surface area contributed by atoms with E-state index in [0.717, 1.165) is 6.42 Å². The van der Waals surface area contributed by atoms with E-state index >= 15 is 0 Å². The zero-order chi connectivity index (χ0) is 11.4. The van der Waals surface area contributed by atoms with Gasteiger partial charge in [0.1, 0.15) is 0 Å². The highest BCUT2D eigenvalue weighted by Crippen LogP contribution is 2.35. The Hall–Kier alpha value is -0.220. The Balaban J connectivity index is 2.42. The van der Waals surface area contributed by atoms with Gasteiger partial charge in [-0.15, -0.1) is 11.8 Å². The van der Waals surface area contributed by atoms with Gasteiger partial charge in [0.25, 0.3) is 0 Å². The van der Waals surface area contributed by atoms with Crippen molar-refractivity contribution in [3.8, 4) is 0 Å². The molecule has 0 aromatic rings. The Bertz CT molecular complexity index is 211. The summed E-state index contributed by atoms with van der Waals surface area (Å²) >= 11 is 1.65. The summed E-state index contributed by atoms with van der Waals surface area (Å²) in [5.41, 5.74) is 6.11. The van der Waals surface area contributed by atoms with Crippen LogP contribution >= 0.6 is 11.8 Å². The maximum absolute atomic E-state index is 11.0. The van der Waals surface area contributed by atoms with Crippen LogP contribution < -0.4 is 5.73 Å². The molecule has 0 aromatic heterocycles. The monoisotopic (exact) mass is 231 g/mol. The second kappa shape index (κ2) is 5.75. The molecule has 1 rings (SSSR count). The Kier molecular flexibility index (Phi) is 4.93. The third-order valence-corrected chi connectivity index (χ3v) is 4.65.